The molecular formula is C12H8ClFN2O3. The van der Waals surface area contributed by atoms with Crippen molar-refractivity contribution >= 4 is 17.3 Å². The summed E-state index contributed by atoms with van der Waals surface area (Å²) in [5.41, 5.74) is 0.238. The summed E-state index contributed by atoms with van der Waals surface area (Å²) >= 11 is 5.81. The standard InChI is InChI=1S/C12H8ClFN2O3/c1-7-2-3-9(5-11(7)14)19-12-10(13)4-8(6-15-12)16(17)18/h2-6H,1H3. The number of nitrogens with zero attached hydrogens (tertiary/aromatic N) is 2. The molecule has 0 saturated carbocycles. The van der Waals surface area contributed by atoms with E-state index in [2.05, 4.69) is 4.98 Å². The summed E-state index contributed by atoms with van der Waals surface area (Å²) in [5, 5.41) is 10.5. The zero-order valence-electron chi connectivity index (χ0n) is 9.76. The number of halogens is 2. The Morgan fingerprint density at radius 2 is 2.16 bits per heavy atom. The molecule has 7 heteroatoms. The van der Waals surface area contributed by atoms with E-state index in [1.54, 1.807) is 19.1 Å². The van der Waals surface area contributed by atoms with Crippen molar-refractivity contribution in [2.45, 2.75) is 6.92 Å². The molecule has 0 aliphatic heterocycles. The van der Waals surface area contributed by atoms with Crippen LogP contribution < -0.4 is 4.74 Å². The van der Waals surface area contributed by atoms with Crippen molar-refractivity contribution in [1.29, 1.82) is 0 Å². The largest absolute Gasteiger partial charge is 0.437 e. The third-order valence-electron chi connectivity index (χ3n) is 2.36. The number of ether oxygens (including phenoxy) is 1. The zero-order chi connectivity index (χ0) is 14.0. The Hall–Kier alpha value is -2.21. The third-order valence-corrected chi connectivity index (χ3v) is 2.63. The van der Waals surface area contributed by atoms with E-state index in [0.717, 1.165) is 12.3 Å². The Labute approximate surface area is 112 Å². The van der Waals surface area contributed by atoms with E-state index in [-0.39, 0.29) is 22.3 Å². The predicted molar refractivity (Wildman–Crippen MR) is 67.1 cm³/mol. The van der Waals surface area contributed by atoms with E-state index in [1.807, 2.05) is 0 Å². The van der Waals surface area contributed by atoms with Gasteiger partial charge < -0.3 is 4.74 Å². The maximum Gasteiger partial charge on any atom is 0.289 e. The number of benzene rings is 1. The van der Waals surface area contributed by atoms with Crippen molar-refractivity contribution in [2.75, 3.05) is 0 Å². The maximum atomic E-state index is 13.3. The molecule has 0 aliphatic carbocycles. The van der Waals surface area contributed by atoms with Gasteiger partial charge in [-0.2, -0.15) is 0 Å². The molecule has 0 N–H and O–H groups in total. The number of pyridine rings is 1. The summed E-state index contributed by atoms with van der Waals surface area (Å²) < 4.78 is 18.6. The van der Waals surface area contributed by atoms with Crippen molar-refractivity contribution < 1.29 is 14.1 Å². The SMILES string of the molecule is Cc1ccc(Oc2ncc([N+](=O)[O-])cc2Cl)cc1F. The highest BCUT2D eigenvalue weighted by Crippen LogP contribution is 2.30. The van der Waals surface area contributed by atoms with Crippen LogP contribution in [0.4, 0.5) is 10.1 Å². The fourth-order valence-corrected chi connectivity index (χ4v) is 1.54. The fourth-order valence-electron chi connectivity index (χ4n) is 1.34. The van der Waals surface area contributed by atoms with Crippen molar-refractivity contribution in [3.8, 4) is 11.6 Å². The number of hydrogen-bond acceptors (Lipinski definition) is 4. The van der Waals surface area contributed by atoms with Gasteiger partial charge in [-0.25, -0.2) is 9.37 Å². The number of nitro groups is 1. The molecule has 5 nitrogen and oxygen atoms in total. The topological polar surface area (TPSA) is 65.3 Å². The maximum absolute atomic E-state index is 13.3. The van der Waals surface area contributed by atoms with Gasteiger partial charge in [0.25, 0.3) is 5.69 Å². The van der Waals surface area contributed by atoms with Gasteiger partial charge in [-0.05, 0) is 18.6 Å². The molecule has 0 saturated heterocycles. The molecule has 0 amide bonds. The number of aromatic nitrogens is 1. The number of rotatable bonds is 3. The van der Waals surface area contributed by atoms with Crippen molar-refractivity contribution in [3.05, 3.63) is 57.0 Å². The normalized spacial score (nSPS) is 10.3. The molecule has 98 valence electrons. The van der Waals surface area contributed by atoms with Crippen LogP contribution in [0.25, 0.3) is 0 Å². The van der Waals surface area contributed by atoms with Crippen LogP contribution in [0.1, 0.15) is 5.56 Å². The van der Waals surface area contributed by atoms with Gasteiger partial charge >= 0.3 is 0 Å². The van der Waals surface area contributed by atoms with Crippen LogP contribution in [0.5, 0.6) is 11.6 Å². The lowest BCUT2D eigenvalue weighted by Gasteiger charge is -2.06. The fraction of sp³-hybridized carbons (Fsp3) is 0.0833. The van der Waals surface area contributed by atoms with E-state index in [1.165, 1.54) is 6.07 Å². The molecule has 0 aliphatic rings. The molecule has 1 heterocycles. The van der Waals surface area contributed by atoms with Crippen molar-refractivity contribution in [2.24, 2.45) is 0 Å². The first-order chi connectivity index (χ1) is 8.97. The summed E-state index contributed by atoms with van der Waals surface area (Å²) in [6.07, 6.45) is 1.02. The number of aryl methyl sites for hydroxylation is 1. The van der Waals surface area contributed by atoms with Crippen LogP contribution in [0.3, 0.4) is 0 Å². The van der Waals surface area contributed by atoms with Gasteiger partial charge in [0.1, 0.15) is 22.8 Å². The highest BCUT2D eigenvalue weighted by Gasteiger charge is 2.13. The molecule has 0 bridgehead atoms. The van der Waals surface area contributed by atoms with Gasteiger partial charge in [0.2, 0.25) is 5.88 Å². The highest BCUT2D eigenvalue weighted by atomic mass is 35.5. The molecule has 0 radical (unpaired) electrons. The first-order valence-electron chi connectivity index (χ1n) is 5.21. The minimum Gasteiger partial charge on any atom is -0.437 e. The van der Waals surface area contributed by atoms with E-state index >= 15 is 0 Å². The second kappa shape index (κ2) is 5.19. The summed E-state index contributed by atoms with van der Waals surface area (Å²) in [7, 11) is 0. The van der Waals surface area contributed by atoms with Crippen molar-refractivity contribution in [3.63, 3.8) is 0 Å². The Balaban J connectivity index is 2.28. The first-order valence-corrected chi connectivity index (χ1v) is 5.59. The molecule has 1 aromatic carbocycles. The molecule has 2 aromatic rings. The van der Waals surface area contributed by atoms with Crippen LogP contribution in [0.2, 0.25) is 5.02 Å². The molecule has 19 heavy (non-hydrogen) atoms. The van der Waals surface area contributed by atoms with E-state index < -0.39 is 10.7 Å². The van der Waals surface area contributed by atoms with E-state index in [4.69, 9.17) is 16.3 Å². The zero-order valence-corrected chi connectivity index (χ0v) is 10.5. The summed E-state index contributed by atoms with van der Waals surface area (Å²) in [6.45, 7) is 1.62. The molecule has 2 rings (SSSR count). The van der Waals surface area contributed by atoms with Gasteiger partial charge in [0.15, 0.2) is 0 Å². The van der Waals surface area contributed by atoms with Crippen molar-refractivity contribution in [1.82, 2.24) is 4.98 Å². The van der Waals surface area contributed by atoms with E-state index in [9.17, 15) is 14.5 Å². The molecule has 0 fully saturated rings. The summed E-state index contributed by atoms with van der Waals surface area (Å²) in [5.74, 6) is -0.225. The van der Waals surface area contributed by atoms with E-state index in [0.29, 0.717) is 5.56 Å². The van der Waals surface area contributed by atoms with Gasteiger partial charge in [-0.15, -0.1) is 0 Å². The minimum absolute atomic E-state index is 0.0180. The Bertz CT molecular complexity index is 649. The summed E-state index contributed by atoms with van der Waals surface area (Å²) in [6, 6.07) is 5.41. The van der Waals surface area contributed by atoms with Gasteiger partial charge in [-0.1, -0.05) is 17.7 Å². The minimum atomic E-state index is -0.617. The molecule has 1 aromatic heterocycles. The third kappa shape index (κ3) is 2.97. The highest BCUT2D eigenvalue weighted by molar-refractivity contribution is 6.32. The Morgan fingerprint density at radius 1 is 1.42 bits per heavy atom. The quantitative estimate of drug-likeness (QED) is 0.633. The number of hydrogen-bond donors (Lipinski definition) is 0. The Morgan fingerprint density at radius 3 is 2.74 bits per heavy atom. The monoisotopic (exact) mass is 282 g/mol. The van der Waals surface area contributed by atoms with Gasteiger partial charge in [0.05, 0.1) is 4.92 Å². The van der Waals surface area contributed by atoms with Gasteiger partial charge in [-0.3, -0.25) is 10.1 Å². The molecule has 0 spiro atoms. The van der Waals surface area contributed by atoms with Crippen LogP contribution in [-0.2, 0) is 0 Å². The smallest absolute Gasteiger partial charge is 0.289 e. The lowest BCUT2D eigenvalue weighted by Crippen LogP contribution is -1.94. The predicted octanol–water partition coefficient (Wildman–Crippen LogP) is 3.88. The Kier molecular flexibility index (Phi) is 3.62. The molecular weight excluding hydrogens is 275 g/mol. The first kappa shape index (κ1) is 13.2. The lowest BCUT2D eigenvalue weighted by molar-refractivity contribution is -0.385. The molecule has 0 unspecified atom stereocenters. The van der Waals surface area contributed by atoms with Gasteiger partial charge in [0, 0.05) is 12.1 Å². The average molecular weight is 283 g/mol. The second-order valence-electron chi connectivity index (χ2n) is 3.75. The molecule has 0 atom stereocenters. The summed E-state index contributed by atoms with van der Waals surface area (Å²) in [4.78, 5) is 13.6. The van der Waals surface area contributed by atoms with Crippen LogP contribution in [0, 0.1) is 22.9 Å². The second-order valence-corrected chi connectivity index (χ2v) is 4.16. The van der Waals surface area contributed by atoms with Crippen LogP contribution in [0.15, 0.2) is 30.5 Å². The van der Waals surface area contributed by atoms with Crippen LogP contribution >= 0.6 is 11.6 Å². The van der Waals surface area contributed by atoms with Crippen LogP contribution in [-0.4, -0.2) is 9.91 Å². The average Bonchev–Trinajstić information content (AvgIpc) is 2.36. The lowest BCUT2D eigenvalue weighted by atomic mass is 10.2.